The SMILES string of the molecule is CCNC(=NCc1ccc(CN2CCN(CC)CC2)cc1)Nc1ccc(OC)c(OC)c1.I. The first kappa shape index (κ1) is 27.2. The summed E-state index contributed by atoms with van der Waals surface area (Å²) in [5, 5.41) is 6.64. The van der Waals surface area contributed by atoms with Crippen LogP contribution in [0.5, 0.6) is 11.5 Å². The second kappa shape index (κ2) is 14.3. The topological polar surface area (TPSA) is 61.4 Å². The Hall–Kier alpha value is -2.04. The number of ether oxygens (including phenoxy) is 2. The summed E-state index contributed by atoms with van der Waals surface area (Å²) in [4.78, 5) is 9.79. The van der Waals surface area contributed by atoms with Crippen molar-refractivity contribution >= 4 is 35.6 Å². The van der Waals surface area contributed by atoms with Crippen LogP contribution in [0.3, 0.4) is 0 Å². The van der Waals surface area contributed by atoms with Gasteiger partial charge in [-0.15, -0.1) is 24.0 Å². The standard InChI is InChI=1S/C25H37N5O2.HI/c1-5-26-25(28-22-11-12-23(31-3)24(17-22)32-4)27-18-20-7-9-21(10-8-20)19-30-15-13-29(6-2)14-16-30;/h7-12,17H,5-6,13-16,18-19H2,1-4H3,(H2,26,27,28);1H. The van der Waals surface area contributed by atoms with E-state index in [2.05, 4.69) is 58.5 Å². The van der Waals surface area contributed by atoms with E-state index in [9.17, 15) is 0 Å². The molecule has 0 spiro atoms. The lowest BCUT2D eigenvalue weighted by atomic mass is 10.1. The first-order valence-electron chi connectivity index (χ1n) is 11.4. The number of methoxy groups -OCH3 is 2. The molecule has 3 rings (SSSR count). The number of halogens is 1. The van der Waals surface area contributed by atoms with Gasteiger partial charge in [0.15, 0.2) is 17.5 Å². The Labute approximate surface area is 215 Å². The predicted octanol–water partition coefficient (Wildman–Crippen LogP) is 4.04. The van der Waals surface area contributed by atoms with Crippen molar-refractivity contribution < 1.29 is 9.47 Å². The molecule has 0 amide bonds. The molecule has 2 aromatic carbocycles. The average molecular weight is 568 g/mol. The molecular formula is C25H38IN5O2. The van der Waals surface area contributed by atoms with E-state index in [1.54, 1.807) is 14.2 Å². The number of hydrogen-bond acceptors (Lipinski definition) is 5. The Balaban J connectivity index is 0.00000385. The lowest BCUT2D eigenvalue weighted by Crippen LogP contribution is -2.45. The molecule has 1 aliphatic rings. The van der Waals surface area contributed by atoms with Crippen molar-refractivity contribution in [1.82, 2.24) is 15.1 Å². The van der Waals surface area contributed by atoms with E-state index in [4.69, 9.17) is 14.5 Å². The number of likely N-dealkylation sites (N-methyl/N-ethyl adjacent to an activating group) is 1. The highest BCUT2D eigenvalue weighted by molar-refractivity contribution is 14.0. The normalized spacial score (nSPS) is 15.0. The van der Waals surface area contributed by atoms with Crippen LogP contribution in [0.2, 0.25) is 0 Å². The summed E-state index contributed by atoms with van der Waals surface area (Å²) in [6.07, 6.45) is 0. The van der Waals surface area contributed by atoms with Gasteiger partial charge in [0.25, 0.3) is 0 Å². The van der Waals surface area contributed by atoms with Gasteiger partial charge in [0.05, 0.1) is 20.8 Å². The predicted molar refractivity (Wildman–Crippen MR) is 147 cm³/mol. The summed E-state index contributed by atoms with van der Waals surface area (Å²) in [6, 6.07) is 14.6. The summed E-state index contributed by atoms with van der Waals surface area (Å²) < 4.78 is 10.7. The monoisotopic (exact) mass is 567 g/mol. The zero-order valence-corrected chi connectivity index (χ0v) is 22.6. The summed E-state index contributed by atoms with van der Waals surface area (Å²) >= 11 is 0. The second-order valence-electron chi connectivity index (χ2n) is 7.92. The molecule has 1 fully saturated rings. The number of benzene rings is 2. The van der Waals surface area contributed by atoms with Crippen LogP contribution in [0.15, 0.2) is 47.5 Å². The molecular weight excluding hydrogens is 529 g/mol. The minimum atomic E-state index is 0. The largest absolute Gasteiger partial charge is 0.493 e. The van der Waals surface area contributed by atoms with Gasteiger partial charge < -0.3 is 25.0 Å². The summed E-state index contributed by atoms with van der Waals surface area (Å²) in [6.45, 7) is 12.5. The van der Waals surface area contributed by atoms with E-state index in [-0.39, 0.29) is 24.0 Å². The Morgan fingerprint density at radius 1 is 0.879 bits per heavy atom. The molecule has 8 heteroatoms. The number of piperazine rings is 1. The summed E-state index contributed by atoms with van der Waals surface area (Å²) in [7, 11) is 3.27. The molecule has 1 aliphatic heterocycles. The zero-order chi connectivity index (χ0) is 22.8. The van der Waals surface area contributed by atoms with Gasteiger partial charge in [0, 0.05) is 51.0 Å². The van der Waals surface area contributed by atoms with Gasteiger partial charge in [-0.05, 0) is 36.7 Å². The molecule has 0 aromatic heterocycles. The fourth-order valence-corrected chi connectivity index (χ4v) is 3.80. The molecule has 33 heavy (non-hydrogen) atoms. The van der Waals surface area contributed by atoms with E-state index in [1.165, 1.54) is 24.2 Å². The van der Waals surface area contributed by atoms with Gasteiger partial charge in [-0.3, -0.25) is 4.90 Å². The Bertz CT molecular complexity index is 868. The minimum Gasteiger partial charge on any atom is -0.493 e. The molecule has 0 atom stereocenters. The molecule has 182 valence electrons. The molecule has 1 heterocycles. The summed E-state index contributed by atoms with van der Waals surface area (Å²) in [5.74, 6) is 2.12. The van der Waals surface area contributed by atoms with Crippen LogP contribution in [-0.2, 0) is 13.1 Å². The van der Waals surface area contributed by atoms with E-state index in [1.807, 2.05) is 18.2 Å². The lowest BCUT2D eigenvalue weighted by Gasteiger charge is -2.34. The van der Waals surface area contributed by atoms with Crippen LogP contribution in [0, 0.1) is 0 Å². The third-order valence-corrected chi connectivity index (χ3v) is 5.75. The first-order chi connectivity index (χ1) is 15.6. The number of nitrogens with one attached hydrogen (secondary N) is 2. The fraction of sp³-hybridized carbons (Fsp3) is 0.480. The molecule has 7 nitrogen and oxygen atoms in total. The molecule has 0 saturated carbocycles. The van der Waals surface area contributed by atoms with Crippen molar-refractivity contribution in [2.75, 3.05) is 58.8 Å². The lowest BCUT2D eigenvalue weighted by molar-refractivity contribution is 0.132. The second-order valence-corrected chi connectivity index (χ2v) is 7.92. The van der Waals surface area contributed by atoms with E-state index in [0.29, 0.717) is 18.0 Å². The van der Waals surface area contributed by atoms with Crippen LogP contribution in [-0.4, -0.2) is 69.2 Å². The smallest absolute Gasteiger partial charge is 0.196 e. The van der Waals surface area contributed by atoms with Gasteiger partial charge in [-0.1, -0.05) is 31.2 Å². The van der Waals surface area contributed by atoms with Gasteiger partial charge in [0.1, 0.15) is 0 Å². The van der Waals surface area contributed by atoms with Crippen LogP contribution < -0.4 is 20.1 Å². The molecule has 0 unspecified atom stereocenters. The number of guanidine groups is 1. The van der Waals surface area contributed by atoms with Crippen LogP contribution in [0.4, 0.5) is 5.69 Å². The van der Waals surface area contributed by atoms with Crippen molar-refractivity contribution in [2.45, 2.75) is 26.9 Å². The Morgan fingerprint density at radius 2 is 1.52 bits per heavy atom. The highest BCUT2D eigenvalue weighted by atomic mass is 127. The zero-order valence-electron chi connectivity index (χ0n) is 20.3. The maximum atomic E-state index is 5.39. The third-order valence-electron chi connectivity index (χ3n) is 5.75. The number of hydrogen-bond donors (Lipinski definition) is 2. The first-order valence-corrected chi connectivity index (χ1v) is 11.4. The van der Waals surface area contributed by atoms with Gasteiger partial charge >= 0.3 is 0 Å². The fourth-order valence-electron chi connectivity index (χ4n) is 3.80. The van der Waals surface area contributed by atoms with Crippen LogP contribution in [0.1, 0.15) is 25.0 Å². The van der Waals surface area contributed by atoms with Crippen molar-refractivity contribution in [2.24, 2.45) is 4.99 Å². The minimum absolute atomic E-state index is 0. The van der Waals surface area contributed by atoms with Gasteiger partial charge in [0.2, 0.25) is 0 Å². The quantitative estimate of drug-likeness (QED) is 0.271. The van der Waals surface area contributed by atoms with Crippen LogP contribution >= 0.6 is 24.0 Å². The van der Waals surface area contributed by atoms with E-state index in [0.717, 1.165) is 44.4 Å². The Kier molecular flexibility index (Phi) is 11.8. The van der Waals surface area contributed by atoms with Gasteiger partial charge in [-0.25, -0.2) is 4.99 Å². The highest BCUT2D eigenvalue weighted by Gasteiger charge is 2.15. The molecule has 0 radical (unpaired) electrons. The number of aliphatic imine (C=N–C) groups is 1. The average Bonchev–Trinajstić information content (AvgIpc) is 2.84. The number of anilines is 1. The number of rotatable bonds is 9. The van der Waals surface area contributed by atoms with Crippen molar-refractivity contribution in [1.29, 1.82) is 0 Å². The molecule has 0 bridgehead atoms. The van der Waals surface area contributed by atoms with Gasteiger partial charge in [-0.2, -0.15) is 0 Å². The third kappa shape index (κ3) is 8.35. The molecule has 2 N–H and O–H groups in total. The molecule has 2 aromatic rings. The van der Waals surface area contributed by atoms with Crippen molar-refractivity contribution in [3.63, 3.8) is 0 Å². The maximum Gasteiger partial charge on any atom is 0.196 e. The van der Waals surface area contributed by atoms with E-state index < -0.39 is 0 Å². The van der Waals surface area contributed by atoms with Crippen molar-refractivity contribution in [3.05, 3.63) is 53.6 Å². The highest BCUT2D eigenvalue weighted by Crippen LogP contribution is 2.29. The van der Waals surface area contributed by atoms with E-state index >= 15 is 0 Å². The molecule has 0 aliphatic carbocycles. The molecule has 1 saturated heterocycles. The Morgan fingerprint density at radius 3 is 2.12 bits per heavy atom. The van der Waals surface area contributed by atoms with Crippen molar-refractivity contribution in [3.8, 4) is 11.5 Å². The number of nitrogens with zero attached hydrogens (tertiary/aromatic N) is 3. The maximum absolute atomic E-state index is 5.39. The summed E-state index contributed by atoms with van der Waals surface area (Å²) in [5.41, 5.74) is 3.44. The van der Waals surface area contributed by atoms with Crippen LogP contribution in [0.25, 0.3) is 0 Å².